The third-order valence-corrected chi connectivity index (χ3v) is 7.03. The molecule has 1 atom stereocenters. The molecule has 0 bridgehead atoms. The van der Waals surface area contributed by atoms with E-state index in [-0.39, 0.29) is 17.9 Å². The summed E-state index contributed by atoms with van der Waals surface area (Å²) in [6.07, 6.45) is 3.20. The Morgan fingerprint density at radius 3 is 2.71 bits per heavy atom. The van der Waals surface area contributed by atoms with Crippen LogP contribution < -0.4 is 24.4 Å². The Labute approximate surface area is 208 Å². The number of carbonyl (C=O) groups is 2. The van der Waals surface area contributed by atoms with E-state index >= 15 is 0 Å². The summed E-state index contributed by atoms with van der Waals surface area (Å²) in [4.78, 5) is 43.7. The summed E-state index contributed by atoms with van der Waals surface area (Å²) < 4.78 is 17.8. The Kier molecular flexibility index (Phi) is 7.13. The Balaban J connectivity index is 1.85. The van der Waals surface area contributed by atoms with E-state index in [2.05, 4.69) is 11.6 Å². The van der Waals surface area contributed by atoms with Crippen molar-refractivity contribution in [2.75, 3.05) is 13.7 Å². The van der Waals surface area contributed by atoms with Crippen LogP contribution in [0.4, 0.5) is 0 Å². The number of nitrogens with zero attached hydrogens (tertiary/aromatic N) is 2. The fraction of sp³-hybridized carbons (Fsp3) is 0.200. The lowest BCUT2D eigenvalue weighted by atomic mass is 10.0. The van der Waals surface area contributed by atoms with Gasteiger partial charge in [0.05, 0.1) is 22.9 Å². The number of aromatic nitrogens is 1. The van der Waals surface area contributed by atoms with Crippen molar-refractivity contribution in [3.63, 3.8) is 0 Å². The molecule has 1 unspecified atom stereocenters. The van der Waals surface area contributed by atoms with Gasteiger partial charge in [0.15, 0.2) is 16.3 Å². The van der Waals surface area contributed by atoms with Crippen LogP contribution in [-0.4, -0.2) is 30.2 Å². The molecule has 2 aromatic heterocycles. The summed E-state index contributed by atoms with van der Waals surface area (Å²) in [7, 11) is 1.47. The van der Waals surface area contributed by atoms with Gasteiger partial charge in [-0.05, 0) is 42.1 Å². The molecule has 4 rings (SSSR count). The molecule has 1 aliphatic heterocycles. The van der Waals surface area contributed by atoms with Crippen LogP contribution in [0.1, 0.15) is 30.3 Å². The van der Waals surface area contributed by atoms with Gasteiger partial charge in [-0.2, -0.15) is 0 Å². The van der Waals surface area contributed by atoms with E-state index in [9.17, 15) is 14.4 Å². The molecule has 0 N–H and O–H groups in total. The first-order valence-corrected chi connectivity index (χ1v) is 12.2. The van der Waals surface area contributed by atoms with Gasteiger partial charge in [0, 0.05) is 11.8 Å². The van der Waals surface area contributed by atoms with E-state index in [1.54, 1.807) is 31.2 Å². The van der Waals surface area contributed by atoms with Gasteiger partial charge in [0.2, 0.25) is 0 Å². The molecule has 3 aromatic rings. The molecule has 10 heteroatoms. The molecular weight excluding hydrogens is 488 g/mol. The van der Waals surface area contributed by atoms with Gasteiger partial charge in [0.1, 0.15) is 12.6 Å². The summed E-state index contributed by atoms with van der Waals surface area (Å²) in [6, 6.07) is 8.11. The number of hydrogen-bond acceptors (Lipinski definition) is 9. The predicted molar refractivity (Wildman–Crippen MR) is 134 cm³/mol. The maximum absolute atomic E-state index is 13.6. The lowest BCUT2D eigenvalue weighted by Gasteiger charge is -2.23. The van der Waals surface area contributed by atoms with Crippen LogP contribution in [0.25, 0.3) is 6.08 Å². The molecule has 35 heavy (non-hydrogen) atoms. The van der Waals surface area contributed by atoms with Crippen molar-refractivity contribution >= 4 is 40.7 Å². The molecule has 0 aliphatic carbocycles. The first-order valence-electron chi connectivity index (χ1n) is 10.5. The quantitative estimate of drug-likeness (QED) is 0.276. The second kappa shape index (κ2) is 10.2. The Hall–Kier alpha value is -3.76. The van der Waals surface area contributed by atoms with E-state index in [0.29, 0.717) is 31.9 Å². The molecule has 180 valence electrons. The maximum Gasteiger partial charge on any atom is 0.338 e. The number of benzene rings is 1. The molecule has 0 spiro atoms. The first kappa shape index (κ1) is 24.4. The standard InChI is InChI=1S/C25H22N2O6S2/c1-5-10-32-24(30)21-14(2)26-25-27(22(21)19-7-6-11-34-19)23(29)20(35-25)13-16-8-9-17(33-15(3)28)18(12-16)31-4/h5-9,11-13,22H,1,10H2,2-4H3. The van der Waals surface area contributed by atoms with Crippen molar-refractivity contribution in [1.29, 1.82) is 0 Å². The minimum absolute atomic E-state index is 0.0579. The minimum atomic E-state index is -0.647. The Bertz CT molecular complexity index is 1510. The zero-order valence-corrected chi connectivity index (χ0v) is 20.9. The van der Waals surface area contributed by atoms with Crippen LogP contribution in [0.3, 0.4) is 0 Å². The van der Waals surface area contributed by atoms with Gasteiger partial charge in [-0.3, -0.25) is 14.2 Å². The van der Waals surface area contributed by atoms with Gasteiger partial charge in [-0.25, -0.2) is 9.79 Å². The van der Waals surface area contributed by atoms with Gasteiger partial charge in [-0.1, -0.05) is 36.1 Å². The number of ether oxygens (including phenoxy) is 3. The summed E-state index contributed by atoms with van der Waals surface area (Å²) in [5, 5.41) is 1.89. The van der Waals surface area contributed by atoms with Crippen molar-refractivity contribution in [2.24, 2.45) is 4.99 Å². The largest absolute Gasteiger partial charge is 0.493 e. The fourth-order valence-corrected chi connectivity index (χ4v) is 5.55. The maximum atomic E-state index is 13.6. The summed E-state index contributed by atoms with van der Waals surface area (Å²) >= 11 is 2.67. The van der Waals surface area contributed by atoms with E-state index in [1.807, 2.05) is 17.5 Å². The van der Waals surface area contributed by atoms with Gasteiger partial charge >= 0.3 is 11.9 Å². The number of fused-ring (bicyclic) bond motifs is 1. The van der Waals surface area contributed by atoms with E-state index in [4.69, 9.17) is 14.2 Å². The molecule has 0 radical (unpaired) electrons. The molecule has 8 nitrogen and oxygen atoms in total. The number of hydrogen-bond donors (Lipinski definition) is 0. The highest BCUT2D eigenvalue weighted by molar-refractivity contribution is 7.10. The summed E-state index contributed by atoms with van der Waals surface area (Å²) in [6.45, 7) is 6.69. The Morgan fingerprint density at radius 1 is 1.26 bits per heavy atom. The van der Waals surface area contributed by atoms with Crippen molar-refractivity contribution in [3.05, 3.63) is 89.8 Å². The number of allylic oxidation sites excluding steroid dienone is 1. The highest BCUT2D eigenvalue weighted by Crippen LogP contribution is 2.33. The highest BCUT2D eigenvalue weighted by Gasteiger charge is 2.33. The molecule has 0 saturated heterocycles. The van der Waals surface area contributed by atoms with Gasteiger partial charge < -0.3 is 14.2 Å². The highest BCUT2D eigenvalue weighted by atomic mass is 32.1. The molecule has 3 heterocycles. The second-order valence-corrected chi connectivity index (χ2v) is 9.48. The number of methoxy groups -OCH3 is 1. The molecular formula is C25H22N2O6S2. The van der Waals surface area contributed by atoms with E-state index < -0.39 is 18.0 Å². The van der Waals surface area contributed by atoms with Crippen LogP contribution in [-0.2, 0) is 14.3 Å². The lowest BCUT2D eigenvalue weighted by Crippen LogP contribution is -2.39. The number of rotatable bonds is 7. The average Bonchev–Trinajstić information content (AvgIpc) is 3.46. The Morgan fingerprint density at radius 2 is 2.06 bits per heavy atom. The zero-order valence-electron chi connectivity index (χ0n) is 19.3. The van der Waals surface area contributed by atoms with Crippen LogP contribution in [0, 0.1) is 0 Å². The average molecular weight is 511 g/mol. The van der Waals surface area contributed by atoms with Crippen LogP contribution in [0.5, 0.6) is 11.5 Å². The zero-order chi connectivity index (χ0) is 25.1. The molecule has 0 amide bonds. The van der Waals surface area contributed by atoms with Crippen LogP contribution >= 0.6 is 22.7 Å². The number of thiazole rings is 1. The van der Waals surface area contributed by atoms with Crippen molar-refractivity contribution in [1.82, 2.24) is 4.57 Å². The number of carbonyl (C=O) groups excluding carboxylic acids is 2. The third kappa shape index (κ3) is 4.89. The number of esters is 2. The topological polar surface area (TPSA) is 96.2 Å². The smallest absolute Gasteiger partial charge is 0.338 e. The van der Waals surface area contributed by atoms with Crippen LogP contribution in [0.15, 0.2) is 69.4 Å². The summed E-state index contributed by atoms with van der Waals surface area (Å²) in [5.74, 6) is -0.351. The molecule has 1 aliphatic rings. The third-order valence-electron chi connectivity index (χ3n) is 5.13. The molecule has 0 saturated carbocycles. The van der Waals surface area contributed by atoms with Crippen molar-refractivity contribution in [2.45, 2.75) is 19.9 Å². The minimum Gasteiger partial charge on any atom is -0.493 e. The van der Waals surface area contributed by atoms with E-state index in [1.165, 1.54) is 47.4 Å². The van der Waals surface area contributed by atoms with Crippen LogP contribution in [0.2, 0.25) is 0 Å². The molecule has 0 fully saturated rings. The first-order chi connectivity index (χ1) is 16.8. The van der Waals surface area contributed by atoms with Gasteiger partial charge in [0.25, 0.3) is 5.56 Å². The van der Waals surface area contributed by atoms with Crippen molar-refractivity contribution < 1.29 is 23.8 Å². The normalized spacial score (nSPS) is 15.3. The SMILES string of the molecule is C=CCOC(=O)C1=C(C)N=c2sc(=Cc3ccc(OC(C)=O)c(OC)c3)c(=O)n2C1c1cccs1. The number of thiophene rings is 1. The molecule has 1 aromatic carbocycles. The lowest BCUT2D eigenvalue weighted by molar-refractivity contribution is -0.138. The predicted octanol–water partition coefficient (Wildman–Crippen LogP) is 2.96. The van der Waals surface area contributed by atoms with Gasteiger partial charge in [-0.15, -0.1) is 11.3 Å². The second-order valence-electron chi connectivity index (χ2n) is 7.49. The van der Waals surface area contributed by atoms with E-state index in [0.717, 1.165) is 4.88 Å². The summed E-state index contributed by atoms with van der Waals surface area (Å²) in [5.41, 5.74) is 1.21. The monoisotopic (exact) mass is 510 g/mol. The van der Waals surface area contributed by atoms with Crippen molar-refractivity contribution in [3.8, 4) is 11.5 Å². The fourth-order valence-electron chi connectivity index (χ4n) is 3.68.